The van der Waals surface area contributed by atoms with Crippen LogP contribution in [0.1, 0.15) is 5.56 Å². The summed E-state index contributed by atoms with van der Waals surface area (Å²) in [6.07, 6.45) is 0. The predicted octanol–water partition coefficient (Wildman–Crippen LogP) is 3.12. The maximum Gasteiger partial charge on any atom is 0.236 e. The zero-order valence-corrected chi connectivity index (χ0v) is 14.7. The molecule has 1 N–H and O–H groups in total. The molecule has 0 unspecified atom stereocenters. The van der Waals surface area contributed by atoms with Gasteiger partial charge in [0.15, 0.2) is 0 Å². The first-order chi connectivity index (χ1) is 11.5. The minimum absolute atomic E-state index is 0.112. The Morgan fingerprint density at radius 1 is 1.08 bits per heavy atom. The molecule has 1 heterocycles. The number of hydrogen-bond donors (Lipinski definition) is 1. The Hall–Kier alpha value is -1.76. The molecular weight excluding hydrogens is 348 g/mol. The number of rotatable bonds is 5. The highest BCUT2D eigenvalue weighted by Gasteiger charge is 2.14. The van der Waals surface area contributed by atoms with Crippen molar-refractivity contribution in [3.05, 3.63) is 59.1 Å². The second-order valence-electron chi connectivity index (χ2n) is 5.64. The van der Waals surface area contributed by atoms with E-state index in [1.54, 1.807) is 36.4 Å². The van der Waals surface area contributed by atoms with Crippen molar-refractivity contribution in [2.75, 3.05) is 35.9 Å². The van der Waals surface area contributed by atoms with Crippen LogP contribution in [-0.4, -0.2) is 34.7 Å². The molecule has 0 aliphatic carbocycles. The predicted molar refractivity (Wildman–Crippen MR) is 97.2 cm³/mol. The number of morpholine rings is 1. The lowest BCUT2D eigenvalue weighted by Gasteiger charge is -2.28. The van der Waals surface area contributed by atoms with E-state index in [-0.39, 0.29) is 5.75 Å². The van der Waals surface area contributed by atoms with Crippen molar-refractivity contribution >= 4 is 33.0 Å². The number of ether oxygens (including phenoxy) is 1. The van der Waals surface area contributed by atoms with E-state index in [0.29, 0.717) is 29.5 Å². The van der Waals surface area contributed by atoms with Crippen LogP contribution < -0.4 is 9.62 Å². The summed E-state index contributed by atoms with van der Waals surface area (Å²) >= 11 is 5.90. The van der Waals surface area contributed by atoms with Gasteiger partial charge in [-0.05, 0) is 42.0 Å². The van der Waals surface area contributed by atoms with Gasteiger partial charge in [-0.2, -0.15) is 0 Å². The number of halogens is 1. The van der Waals surface area contributed by atoms with Crippen molar-refractivity contribution in [2.24, 2.45) is 0 Å². The number of anilines is 2. The molecule has 1 aliphatic heterocycles. The first kappa shape index (κ1) is 17.1. The number of nitrogens with one attached hydrogen (secondary N) is 1. The van der Waals surface area contributed by atoms with Gasteiger partial charge in [-0.25, -0.2) is 8.42 Å². The van der Waals surface area contributed by atoms with Crippen molar-refractivity contribution < 1.29 is 13.2 Å². The number of sulfonamides is 1. The number of hydrogen-bond acceptors (Lipinski definition) is 4. The van der Waals surface area contributed by atoms with E-state index < -0.39 is 10.0 Å². The summed E-state index contributed by atoms with van der Waals surface area (Å²) in [5.41, 5.74) is 2.27. The quantitative estimate of drug-likeness (QED) is 0.883. The molecule has 2 aromatic rings. The van der Waals surface area contributed by atoms with Gasteiger partial charge in [0.1, 0.15) is 0 Å². The average molecular weight is 367 g/mol. The highest BCUT2D eigenvalue weighted by Crippen LogP contribution is 2.21. The zero-order valence-electron chi connectivity index (χ0n) is 13.1. The van der Waals surface area contributed by atoms with E-state index >= 15 is 0 Å². The molecule has 0 bridgehead atoms. The lowest BCUT2D eigenvalue weighted by molar-refractivity contribution is 0.122. The maximum absolute atomic E-state index is 12.3. The molecule has 0 saturated carbocycles. The Balaban J connectivity index is 1.66. The molecule has 1 aliphatic rings. The third kappa shape index (κ3) is 4.63. The summed E-state index contributed by atoms with van der Waals surface area (Å²) in [5, 5.41) is 0.526. The molecule has 24 heavy (non-hydrogen) atoms. The Morgan fingerprint density at radius 2 is 1.79 bits per heavy atom. The molecule has 128 valence electrons. The monoisotopic (exact) mass is 366 g/mol. The van der Waals surface area contributed by atoms with Crippen LogP contribution in [0.2, 0.25) is 5.02 Å². The molecule has 1 saturated heterocycles. The van der Waals surface area contributed by atoms with Crippen molar-refractivity contribution in [2.45, 2.75) is 5.75 Å². The van der Waals surface area contributed by atoms with Crippen LogP contribution in [0.3, 0.4) is 0 Å². The van der Waals surface area contributed by atoms with E-state index in [4.69, 9.17) is 16.3 Å². The first-order valence-electron chi connectivity index (χ1n) is 7.69. The van der Waals surface area contributed by atoms with Crippen molar-refractivity contribution in [3.8, 4) is 0 Å². The largest absolute Gasteiger partial charge is 0.378 e. The maximum atomic E-state index is 12.3. The normalized spacial score (nSPS) is 15.3. The highest BCUT2D eigenvalue weighted by atomic mass is 35.5. The molecule has 0 amide bonds. The molecule has 5 nitrogen and oxygen atoms in total. The molecule has 1 fully saturated rings. The van der Waals surface area contributed by atoms with E-state index in [9.17, 15) is 8.42 Å². The summed E-state index contributed by atoms with van der Waals surface area (Å²) in [4.78, 5) is 2.22. The third-order valence-electron chi connectivity index (χ3n) is 3.76. The molecular formula is C17H19ClN2O3S. The molecule has 3 rings (SSSR count). The fourth-order valence-electron chi connectivity index (χ4n) is 2.62. The lowest BCUT2D eigenvalue weighted by atomic mass is 10.2. The van der Waals surface area contributed by atoms with E-state index in [0.717, 1.165) is 18.8 Å². The third-order valence-corrected chi connectivity index (χ3v) is 5.26. The molecule has 0 radical (unpaired) electrons. The summed E-state index contributed by atoms with van der Waals surface area (Å²) < 4.78 is 32.5. The van der Waals surface area contributed by atoms with Crippen LogP contribution >= 0.6 is 11.6 Å². The molecule has 0 atom stereocenters. The second kappa shape index (κ2) is 7.42. The molecule has 0 spiro atoms. The van der Waals surface area contributed by atoms with Crippen LogP contribution in [0.5, 0.6) is 0 Å². The van der Waals surface area contributed by atoms with Gasteiger partial charge < -0.3 is 9.64 Å². The van der Waals surface area contributed by atoms with Gasteiger partial charge in [0.05, 0.1) is 19.0 Å². The van der Waals surface area contributed by atoms with Gasteiger partial charge >= 0.3 is 0 Å². The smallest absolute Gasteiger partial charge is 0.236 e. The minimum atomic E-state index is -3.48. The fraction of sp³-hybridized carbons (Fsp3) is 0.294. The minimum Gasteiger partial charge on any atom is -0.378 e. The van der Waals surface area contributed by atoms with E-state index in [2.05, 4.69) is 9.62 Å². The topological polar surface area (TPSA) is 58.6 Å². The van der Waals surface area contributed by atoms with Crippen LogP contribution in [0.4, 0.5) is 11.4 Å². The standard InChI is InChI=1S/C17H19ClN2O3S/c18-15-3-1-2-14(12-15)13-24(21,22)19-16-4-6-17(7-5-16)20-8-10-23-11-9-20/h1-7,12,19H,8-11,13H2. The van der Waals surface area contributed by atoms with Crippen LogP contribution in [0, 0.1) is 0 Å². The Morgan fingerprint density at radius 3 is 2.46 bits per heavy atom. The lowest BCUT2D eigenvalue weighted by Crippen LogP contribution is -2.36. The van der Waals surface area contributed by atoms with Crippen LogP contribution in [0.15, 0.2) is 48.5 Å². The molecule has 2 aromatic carbocycles. The SMILES string of the molecule is O=S(=O)(Cc1cccc(Cl)c1)Nc1ccc(N2CCOCC2)cc1. The van der Waals surface area contributed by atoms with E-state index in [1.807, 2.05) is 12.1 Å². The average Bonchev–Trinajstić information content (AvgIpc) is 2.55. The summed E-state index contributed by atoms with van der Waals surface area (Å²) in [6.45, 7) is 3.13. The zero-order chi connectivity index (χ0) is 17.0. The van der Waals surface area contributed by atoms with Crippen molar-refractivity contribution in [1.29, 1.82) is 0 Å². The summed E-state index contributed by atoms with van der Waals surface area (Å²) in [6, 6.07) is 14.3. The van der Waals surface area contributed by atoms with Gasteiger partial charge in [-0.3, -0.25) is 4.72 Å². The van der Waals surface area contributed by atoms with Gasteiger partial charge in [-0.1, -0.05) is 23.7 Å². The van der Waals surface area contributed by atoms with Gasteiger partial charge in [0.2, 0.25) is 10.0 Å². The van der Waals surface area contributed by atoms with Crippen LogP contribution in [-0.2, 0) is 20.5 Å². The van der Waals surface area contributed by atoms with Crippen molar-refractivity contribution in [1.82, 2.24) is 0 Å². The van der Waals surface area contributed by atoms with Gasteiger partial charge in [0.25, 0.3) is 0 Å². The fourth-order valence-corrected chi connectivity index (χ4v) is 4.02. The number of benzene rings is 2. The van der Waals surface area contributed by atoms with Gasteiger partial charge in [0, 0.05) is 29.5 Å². The highest BCUT2D eigenvalue weighted by molar-refractivity contribution is 7.91. The first-order valence-corrected chi connectivity index (χ1v) is 9.73. The number of nitrogens with zero attached hydrogens (tertiary/aromatic N) is 1. The summed E-state index contributed by atoms with van der Waals surface area (Å²) in [7, 11) is -3.48. The van der Waals surface area contributed by atoms with Gasteiger partial charge in [-0.15, -0.1) is 0 Å². The van der Waals surface area contributed by atoms with Crippen molar-refractivity contribution in [3.63, 3.8) is 0 Å². The molecule has 0 aromatic heterocycles. The Labute approximate surface area is 147 Å². The Bertz CT molecular complexity index is 788. The van der Waals surface area contributed by atoms with Crippen LogP contribution in [0.25, 0.3) is 0 Å². The van der Waals surface area contributed by atoms with E-state index in [1.165, 1.54) is 0 Å². The molecule has 7 heteroatoms. The summed E-state index contributed by atoms with van der Waals surface area (Å²) in [5.74, 6) is -0.112. The second-order valence-corrected chi connectivity index (χ2v) is 7.80. The Kier molecular flexibility index (Phi) is 5.28.